The fourth-order valence-corrected chi connectivity index (χ4v) is 3.49. The van der Waals surface area contributed by atoms with E-state index >= 15 is 0 Å². The highest BCUT2D eigenvalue weighted by Gasteiger charge is 2.34. The van der Waals surface area contributed by atoms with Gasteiger partial charge in [0.15, 0.2) is 0 Å². The molecule has 4 rings (SSSR count). The van der Waals surface area contributed by atoms with Crippen molar-refractivity contribution in [3.8, 4) is 17.1 Å². The van der Waals surface area contributed by atoms with Crippen LogP contribution in [-0.2, 0) is 17.8 Å². The molecular weight excluding hydrogens is 354 g/mol. The number of carbonyl (C=O) groups excluding carboxylic acids is 1. The molecule has 0 saturated carbocycles. The zero-order chi connectivity index (χ0) is 19.5. The second-order valence-corrected chi connectivity index (χ2v) is 7.03. The van der Waals surface area contributed by atoms with Gasteiger partial charge in [-0.2, -0.15) is 4.98 Å². The molecule has 6 nitrogen and oxygen atoms in total. The van der Waals surface area contributed by atoms with E-state index < -0.39 is 0 Å². The monoisotopic (exact) mass is 377 g/mol. The van der Waals surface area contributed by atoms with Gasteiger partial charge in [0.25, 0.3) is 0 Å². The molecule has 1 amide bonds. The van der Waals surface area contributed by atoms with Crippen LogP contribution in [-0.4, -0.2) is 34.6 Å². The van der Waals surface area contributed by atoms with Gasteiger partial charge < -0.3 is 14.2 Å². The molecule has 0 aliphatic carbocycles. The summed E-state index contributed by atoms with van der Waals surface area (Å²) in [4.78, 5) is 18.8. The molecular formula is C22H23N3O3. The van der Waals surface area contributed by atoms with Gasteiger partial charge in [0.2, 0.25) is 17.6 Å². The number of aryl methyl sites for hydroxylation is 1. The lowest BCUT2D eigenvalue weighted by Crippen LogP contribution is -2.24. The largest absolute Gasteiger partial charge is 0.497 e. The van der Waals surface area contributed by atoms with Gasteiger partial charge in [-0.25, -0.2) is 0 Å². The summed E-state index contributed by atoms with van der Waals surface area (Å²) in [5.74, 6) is 1.90. The third kappa shape index (κ3) is 3.76. The van der Waals surface area contributed by atoms with Crippen LogP contribution >= 0.6 is 0 Å². The zero-order valence-corrected chi connectivity index (χ0v) is 16.1. The van der Waals surface area contributed by atoms with Gasteiger partial charge in [0, 0.05) is 25.1 Å². The summed E-state index contributed by atoms with van der Waals surface area (Å²) < 4.78 is 10.7. The summed E-state index contributed by atoms with van der Waals surface area (Å²) in [5.41, 5.74) is 3.22. The number of rotatable bonds is 6. The van der Waals surface area contributed by atoms with E-state index in [0.29, 0.717) is 31.2 Å². The van der Waals surface area contributed by atoms with Gasteiger partial charge in [-0.15, -0.1) is 0 Å². The molecule has 2 aromatic carbocycles. The van der Waals surface area contributed by atoms with Crippen molar-refractivity contribution in [1.82, 2.24) is 15.0 Å². The first-order valence-electron chi connectivity index (χ1n) is 9.50. The minimum atomic E-state index is -0.0747. The number of benzene rings is 2. The maximum atomic E-state index is 12.5. The molecule has 28 heavy (non-hydrogen) atoms. The van der Waals surface area contributed by atoms with Crippen LogP contribution in [0.3, 0.4) is 0 Å². The molecule has 1 aliphatic heterocycles. The highest BCUT2D eigenvalue weighted by atomic mass is 16.5. The van der Waals surface area contributed by atoms with Crippen molar-refractivity contribution >= 4 is 5.91 Å². The van der Waals surface area contributed by atoms with E-state index in [4.69, 9.17) is 9.26 Å². The van der Waals surface area contributed by atoms with Crippen molar-refractivity contribution in [3.63, 3.8) is 0 Å². The highest BCUT2D eigenvalue weighted by molar-refractivity contribution is 5.79. The second-order valence-electron chi connectivity index (χ2n) is 7.03. The molecule has 1 atom stereocenters. The fraction of sp³-hybridized carbons (Fsp3) is 0.318. The topological polar surface area (TPSA) is 68.5 Å². The van der Waals surface area contributed by atoms with E-state index in [1.807, 2.05) is 41.3 Å². The highest BCUT2D eigenvalue weighted by Crippen LogP contribution is 2.30. The van der Waals surface area contributed by atoms with Crippen molar-refractivity contribution in [2.75, 3.05) is 13.7 Å². The Bertz CT molecular complexity index is 965. The SMILES string of the molecule is CCc1ccc(-c2noc(C3CC(=O)N(Cc4cccc(OC)c4)C3)n2)cc1. The molecule has 1 fully saturated rings. The lowest BCUT2D eigenvalue weighted by molar-refractivity contribution is -0.128. The third-order valence-electron chi connectivity index (χ3n) is 5.13. The predicted octanol–water partition coefficient (Wildman–Crippen LogP) is 3.82. The Kier molecular flexibility index (Phi) is 5.10. The molecule has 0 radical (unpaired) electrons. The van der Waals surface area contributed by atoms with Crippen LogP contribution in [0.15, 0.2) is 53.1 Å². The number of hydrogen-bond acceptors (Lipinski definition) is 5. The number of likely N-dealkylation sites (tertiary alicyclic amines) is 1. The molecule has 6 heteroatoms. The van der Waals surface area contributed by atoms with E-state index in [9.17, 15) is 4.79 Å². The molecule has 0 spiro atoms. The van der Waals surface area contributed by atoms with E-state index in [1.54, 1.807) is 7.11 Å². The first-order chi connectivity index (χ1) is 13.7. The quantitative estimate of drug-likeness (QED) is 0.653. The van der Waals surface area contributed by atoms with Gasteiger partial charge in [-0.3, -0.25) is 4.79 Å². The smallest absolute Gasteiger partial charge is 0.232 e. The lowest BCUT2D eigenvalue weighted by atomic mass is 10.1. The first-order valence-corrected chi connectivity index (χ1v) is 9.50. The van der Waals surface area contributed by atoms with Crippen molar-refractivity contribution in [2.24, 2.45) is 0 Å². The molecule has 0 N–H and O–H groups in total. The third-order valence-corrected chi connectivity index (χ3v) is 5.13. The summed E-state index contributed by atoms with van der Waals surface area (Å²) in [6.07, 6.45) is 1.38. The Morgan fingerprint density at radius 3 is 2.75 bits per heavy atom. The molecule has 1 aliphatic rings. The van der Waals surface area contributed by atoms with Crippen molar-refractivity contribution in [3.05, 3.63) is 65.5 Å². The zero-order valence-electron chi connectivity index (χ0n) is 16.1. The van der Waals surface area contributed by atoms with E-state index in [1.165, 1.54) is 5.56 Å². The van der Waals surface area contributed by atoms with Crippen molar-refractivity contribution in [2.45, 2.75) is 32.2 Å². The summed E-state index contributed by atoms with van der Waals surface area (Å²) in [6, 6.07) is 15.9. The summed E-state index contributed by atoms with van der Waals surface area (Å²) in [5, 5.41) is 4.11. The molecule has 1 saturated heterocycles. The number of amides is 1. The average molecular weight is 377 g/mol. The molecule has 2 heterocycles. The second kappa shape index (κ2) is 7.84. The fourth-order valence-electron chi connectivity index (χ4n) is 3.49. The number of methoxy groups -OCH3 is 1. The van der Waals surface area contributed by atoms with Gasteiger partial charge >= 0.3 is 0 Å². The maximum absolute atomic E-state index is 12.5. The molecule has 1 aromatic heterocycles. The Balaban J connectivity index is 1.45. The molecule has 144 valence electrons. The van der Waals surface area contributed by atoms with Crippen LogP contribution in [0.5, 0.6) is 5.75 Å². The Labute approximate surface area is 164 Å². The molecule has 1 unspecified atom stereocenters. The lowest BCUT2D eigenvalue weighted by Gasteiger charge is -2.16. The van der Waals surface area contributed by atoms with Crippen LogP contribution in [0.2, 0.25) is 0 Å². The van der Waals surface area contributed by atoms with Gasteiger partial charge in [-0.05, 0) is 29.7 Å². The van der Waals surface area contributed by atoms with Crippen LogP contribution in [0.25, 0.3) is 11.4 Å². The Morgan fingerprint density at radius 2 is 2.00 bits per heavy atom. The number of aromatic nitrogens is 2. The van der Waals surface area contributed by atoms with E-state index in [0.717, 1.165) is 23.3 Å². The standard InChI is InChI=1S/C22H23N3O3/c1-3-15-7-9-17(10-8-15)21-23-22(28-24-21)18-12-20(26)25(14-18)13-16-5-4-6-19(11-16)27-2/h4-11,18H,3,12-14H2,1-2H3. The average Bonchev–Trinajstić information content (AvgIpc) is 3.36. The summed E-state index contributed by atoms with van der Waals surface area (Å²) in [6.45, 7) is 3.24. The van der Waals surface area contributed by atoms with Gasteiger partial charge in [-0.1, -0.05) is 48.5 Å². The normalized spacial score (nSPS) is 16.6. The molecule has 3 aromatic rings. The maximum Gasteiger partial charge on any atom is 0.232 e. The van der Waals surface area contributed by atoms with Gasteiger partial charge in [0.05, 0.1) is 13.0 Å². The minimum Gasteiger partial charge on any atom is -0.497 e. The number of carbonyl (C=O) groups is 1. The first kappa shape index (κ1) is 18.2. The minimum absolute atomic E-state index is 0.0747. The predicted molar refractivity (Wildman–Crippen MR) is 105 cm³/mol. The van der Waals surface area contributed by atoms with Crippen LogP contribution in [0, 0.1) is 0 Å². The van der Waals surface area contributed by atoms with Crippen molar-refractivity contribution in [1.29, 1.82) is 0 Å². The number of ether oxygens (including phenoxy) is 1. The Hall–Kier alpha value is -3.15. The summed E-state index contributed by atoms with van der Waals surface area (Å²) >= 11 is 0. The van der Waals surface area contributed by atoms with Gasteiger partial charge in [0.1, 0.15) is 5.75 Å². The van der Waals surface area contributed by atoms with E-state index in [2.05, 4.69) is 29.2 Å². The van der Waals surface area contributed by atoms with Crippen molar-refractivity contribution < 1.29 is 14.1 Å². The van der Waals surface area contributed by atoms with E-state index in [-0.39, 0.29) is 11.8 Å². The van der Waals surface area contributed by atoms with Crippen LogP contribution in [0.1, 0.15) is 36.3 Å². The van der Waals surface area contributed by atoms with Crippen LogP contribution in [0.4, 0.5) is 0 Å². The Morgan fingerprint density at radius 1 is 1.18 bits per heavy atom. The molecule has 0 bridgehead atoms. The number of nitrogens with zero attached hydrogens (tertiary/aromatic N) is 3. The summed E-state index contributed by atoms with van der Waals surface area (Å²) in [7, 11) is 1.64. The number of hydrogen-bond donors (Lipinski definition) is 0. The van der Waals surface area contributed by atoms with Crippen LogP contribution < -0.4 is 4.74 Å².